The summed E-state index contributed by atoms with van der Waals surface area (Å²) in [6, 6.07) is 0. The summed E-state index contributed by atoms with van der Waals surface area (Å²) in [5, 5.41) is 2.53. The summed E-state index contributed by atoms with van der Waals surface area (Å²) < 4.78 is 62.1. The number of ether oxygens (including phenoxy) is 1. The lowest BCUT2D eigenvalue weighted by Gasteiger charge is -2.13. The molecule has 2 N–H and O–H groups in total. The summed E-state index contributed by atoms with van der Waals surface area (Å²) in [7, 11) is -5.30. The first-order valence-corrected chi connectivity index (χ1v) is 4.72. The van der Waals surface area contributed by atoms with Crippen LogP contribution in [0.15, 0.2) is 0 Å². The molecule has 1 rings (SSSR count). The van der Waals surface area contributed by atoms with Crippen molar-refractivity contribution in [3.63, 3.8) is 0 Å². The maximum atomic E-state index is 11.8. The van der Waals surface area contributed by atoms with Crippen molar-refractivity contribution in [2.24, 2.45) is 0 Å². The second-order valence-corrected chi connectivity index (χ2v) is 4.03. The highest BCUT2D eigenvalue weighted by Gasteiger charge is 2.47. The minimum absolute atomic E-state index is 0.0231. The topological polar surface area (TPSA) is 67.4 Å². The molecule has 0 saturated carbocycles. The van der Waals surface area contributed by atoms with Crippen molar-refractivity contribution in [2.45, 2.75) is 11.7 Å². The van der Waals surface area contributed by atoms with Crippen molar-refractivity contribution in [3.8, 4) is 0 Å². The number of alkyl halides is 3. The van der Waals surface area contributed by atoms with E-state index in [2.05, 4.69) is 10.1 Å². The SMILES string of the molecule is O=S(=O)(NC1CNCO1)C(F)(F)F. The molecule has 0 bridgehead atoms. The van der Waals surface area contributed by atoms with Gasteiger partial charge in [-0.25, -0.2) is 8.42 Å². The highest BCUT2D eigenvalue weighted by Crippen LogP contribution is 2.22. The number of sulfonamides is 1. The van der Waals surface area contributed by atoms with Gasteiger partial charge in [-0.3, -0.25) is 5.32 Å². The van der Waals surface area contributed by atoms with Gasteiger partial charge in [-0.15, -0.1) is 0 Å². The van der Waals surface area contributed by atoms with Gasteiger partial charge in [0.15, 0.2) is 0 Å². The normalized spacial score (nSPS) is 25.0. The zero-order chi connectivity index (χ0) is 10.1. The van der Waals surface area contributed by atoms with Gasteiger partial charge in [0.1, 0.15) is 6.23 Å². The predicted octanol–water partition coefficient (Wildman–Crippen LogP) is -0.671. The van der Waals surface area contributed by atoms with Crippen molar-refractivity contribution >= 4 is 10.0 Å². The fourth-order valence-corrected chi connectivity index (χ4v) is 1.36. The monoisotopic (exact) mass is 220 g/mol. The summed E-state index contributed by atoms with van der Waals surface area (Å²) in [6.07, 6.45) is -1.15. The van der Waals surface area contributed by atoms with Gasteiger partial charge in [0, 0.05) is 6.54 Å². The third-order valence-corrected chi connectivity index (χ3v) is 2.49. The summed E-state index contributed by atoms with van der Waals surface area (Å²) in [6.45, 7) is 0.0559. The van der Waals surface area contributed by atoms with Crippen molar-refractivity contribution < 1.29 is 26.3 Å². The van der Waals surface area contributed by atoms with Crippen LogP contribution in [0, 0.1) is 0 Å². The first-order valence-electron chi connectivity index (χ1n) is 3.24. The molecule has 0 aromatic carbocycles. The fourth-order valence-electron chi connectivity index (χ4n) is 0.724. The van der Waals surface area contributed by atoms with Crippen molar-refractivity contribution in [2.75, 3.05) is 13.3 Å². The van der Waals surface area contributed by atoms with E-state index < -0.39 is 21.8 Å². The van der Waals surface area contributed by atoms with Gasteiger partial charge in [0.25, 0.3) is 0 Å². The van der Waals surface area contributed by atoms with E-state index in [1.54, 1.807) is 0 Å². The Morgan fingerprint density at radius 3 is 2.46 bits per heavy atom. The van der Waals surface area contributed by atoms with E-state index in [0.717, 1.165) is 0 Å². The maximum absolute atomic E-state index is 11.8. The average Bonchev–Trinajstić information content (AvgIpc) is 2.35. The fraction of sp³-hybridized carbons (Fsp3) is 1.00. The third-order valence-electron chi connectivity index (χ3n) is 1.31. The molecule has 9 heteroatoms. The van der Waals surface area contributed by atoms with Crippen molar-refractivity contribution in [1.82, 2.24) is 10.0 Å². The number of nitrogens with one attached hydrogen (secondary N) is 2. The highest BCUT2D eigenvalue weighted by molar-refractivity contribution is 7.90. The van der Waals surface area contributed by atoms with Gasteiger partial charge in [-0.1, -0.05) is 0 Å². The number of hydrogen-bond acceptors (Lipinski definition) is 4. The molecule has 0 radical (unpaired) electrons. The number of hydrogen-bond donors (Lipinski definition) is 2. The lowest BCUT2D eigenvalue weighted by molar-refractivity contribution is -0.0467. The second kappa shape index (κ2) is 3.40. The molecule has 0 spiro atoms. The van der Waals surface area contributed by atoms with Crippen LogP contribution in [0.1, 0.15) is 0 Å². The number of halogens is 3. The van der Waals surface area contributed by atoms with Gasteiger partial charge in [0.05, 0.1) is 6.73 Å². The van der Waals surface area contributed by atoms with Crippen LogP contribution in [-0.4, -0.2) is 33.4 Å². The molecule has 1 unspecified atom stereocenters. The largest absolute Gasteiger partial charge is 0.511 e. The Hall–Kier alpha value is -0.380. The Bertz CT molecular complexity index is 269. The molecule has 1 aliphatic heterocycles. The van der Waals surface area contributed by atoms with Crippen LogP contribution >= 0.6 is 0 Å². The van der Waals surface area contributed by atoms with Crippen molar-refractivity contribution in [1.29, 1.82) is 0 Å². The van der Waals surface area contributed by atoms with Gasteiger partial charge < -0.3 is 4.74 Å². The quantitative estimate of drug-likeness (QED) is 0.647. The summed E-state index contributed by atoms with van der Waals surface area (Å²) in [5.41, 5.74) is -5.29. The Morgan fingerprint density at radius 2 is 2.08 bits per heavy atom. The molecule has 5 nitrogen and oxygen atoms in total. The summed E-state index contributed by atoms with van der Waals surface area (Å²) in [5.74, 6) is 0. The van der Waals surface area contributed by atoms with E-state index in [0.29, 0.717) is 0 Å². The second-order valence-electron chi connectivity index (χ2n) is 2.32. The Labute approximate surface area is 72.3 Å². The van der Waals surface area contributed by atoms with E-state index in [4.69, 9.17) is 0 Å². The lowest BCUT2D eigenvalue weighted by atomic mass is 10.6. The minimum Gasteiger partial charge on any atom is -0.346 e. The van der Waals surface area contributed by atoms with Crippen LogP contribution in [0.5, 0.6) is 0 Å². The molecule has 1 saturated heterocycles. The number of rotatable bonds is 2. The molecule has 0 amide bonds. The zero-order valence-electron chi connectivity index (χ0n) is 6.26. The van der Waals surface area contributed by atoms with Crippen LogP contribution in [-0.2, 0) is 14.8 Å². The molecule has 78 valence electrons. The first-order chi connectivity index (χ1) is 5.83. The van der Waals surface area contributed by atoms with Gasteiger partial charge in [0.2, 0.25) is 0 Å². The third kappa shape index (κ3) is 2.53. The summed E-state index contributed by atoms with van der Waals surface area (Å²) in [4.78, 5) is 0. The minimum atomic E-state index is -5.30. The van der Waals surface area contributed by atoms with Gasteiger partial charge in [-0.2, -0.15) is 17.9 Å². The molecule has 1 atom stereocenters. The zero-order valence-corrected chi connectivity index (χ0v) is 7.07. The van der Waals surface area contributed by atoms with E-state index in [-0.39, 0.29) is 13.3 Å². The van der Waals surface area contributed by atoms with E-state index in [1.807, 2.05) is 0 Å². The van der Waals surface area contributed by atoms with Crippen LogP contribution in [0.2, 0.25) is 0 Å². The Kier molecular flexibility index (Phi) is 2.80. The van der Waals surface area contributed by atoms with Gasteiger partial charge in [-0.05, 0) is 0 Å². The van der Waals surface area contributed by atoms with Gasteiger partial charge >= 0.3 is 15.5 Å². The Morgan fingerprint density at radius 1 is 1.46 bits per heavy atom. The molecule has 1 heterocycles. The Balaban J connectivity index is 2.62. The molecular formula is C4H7F3N2O3S. The van der Waals surface area contributed by atoms with Crippen LogP contribution < -0.4 is 10.0 Å². The first kappa shape index (κ1) is 10.7. The molecule has 0 aromatic rings. The average molecular weight is 220 g/mol. The maximum Gasteiger partial charge on any atom is 0.511 e. The lowest BCUT2D eigenvalue weighted by Crippen LogP contribution is -2.44. The van der Waals surface area contributed by atoms with Crippen molar-refractivity contribution in [3.05, 3.63) is 0 Å². The van der Waals surface area contributed by atoms with E-state index in [1.165, 1.54) is 4.72 Å². The molecular weight excluding hydrogens is 213 g/mol. The highest BCUT2D eigenvalue weighted by atomic mass is 32.2. The van der Waals surface area contributed by atoms with E-state index >= 15 is 0 Å². The van der Waals surface area contributed by atoms with Crippen LogP contribution in [0.4, 0.5) is 13.2 Å². The molecule has 1 aliphatic rings. The predicted molar refractivity (Wildman–Crippen MR) is 35.9 cm³/mol. The van der Waals surface area contributed by atoms with Crippen LogP contribution in [0.25, 0.3) is 0 Å². The standard InChI is InChI=1S/C4H7F3N2O3S/c5-4(6,7)13(10,11)9-3-1-8-2-12-3/h3,8-9H,1-2H2. The molecule has 13 heavy (non-hydrogen) atoms. The van der Waals surface area contributed by atoms with Crippen LogP contribution in [0.3, 0.4) is 0 Å². The molecule has 1 fully saturated rings. The van der Waals surface area contributed by atoms with E-state index in [9.17, 15) is 21.6 Å². The summed E-state index contributed by atoms with van der Waals surface area (Å²) >= 11 is 0. The molecule has 0 aromatic heterocycles. The smallest absolute Gasteiger partial charge is 0.346 e. The molecule has 0 aliphatic carbocycles.